The largest absolute Gasteiger partial charge is 0.379 e. The van der Waals surface area contributed by atoms with E-state index in [9.17, 15) is 4.79 Å². The highest BCUT2D eigenvalue weighted by atomic mass is 16.5. The molecule has 0 spiro atoms. The molecule has 1 saturated heterocycles. The molecule has 2 rings (SSSR count). The summed E-state index contributed by atoms with van der Waals surface area (Å²) in [5, 5.41) is 0. The van der Waals surface area contributed by atoms with Crippen LogP contribution in [0.25, 0.3) is 0 Å². The lowest BCUT2D eigenvalue weighted by Gasteiger charge is -2.43. The van der Waals surface area contributed by atoms with Gasteiger partial charge in [0.1, 0.15) is 5.78 Å². The van der Waals surface area contributed by atoms with Crippen molar-refractivity contribution in [2.24, 2.45) is 0 Å². The minimum absolute atomic E-state index is 0.0851. The number of carbonyl (C=O) groups is 1. The van der Waals surface area contributed by atoms with Gasteiger partial charge < -0.3 is 9.53 Å². The standard InChI is InChI=1S/C15H20O2/c1-11-4-5-12(2)14(8-11)15(9-17-10-15)7-6-13(3)16/h4-5,8H,6-7,9-10H2,1-3H3. The molecule has 1 aliphatic heterocycles. The van der Waals surface area contributed by atoms with Crippen LogP contribution in [0.4, 0.5) is 0 Å². The molecule has 1 aromatic rings. The zero-order chi connectivity index (χ0) is 12.5. The van der Waals surface area contributed by atoms with Crippen LogP contribution in [-0.4, -0.2) is 19.0 Å². The molecule has 1 fully saturated rings. The Hall–Kier alpha value is -1.15. The summed E-state index contributed by atoms with van der Waals surface area (Å²) in [4.78, 5) is 11.2. The van der Waals surface area contributed by atoms with Gasteiger partial charge in [0.2, 0.25) is 0 Å². The summed E-state index contributed by atoms with van der Waals surface area (Å²) in [6, 6.07) is 6.55. The van der Waals surface area contributed by atoms with Crippen molar-refractivity contribution in [3.63, 3.8) is 0 Å². The predicted molar refractivity (Wildman–Crippen MR) is 68.3 cm³/mol. The lowest BCUT2D eigenvalue weighted by Crippen LogP contribution is -2.47. The first-order valence-corrected chi connectivity index (χ1v) is 6.18. The molecule has 1 aromatic carbocycles. The Morgan fingerprint density at radius 2 is 2.06 bits per heavy atom. The summed E-state index contributed by atoms with van der Waals surface area (Å²) in [6.45, 7) is 7.43. The van der Waals surface area contributed by atoms with Crippen LogP contribution >= 0.6 is 0 Å². The number of hydrogen-bond donors (Lipinski definition) is 0. The van der Waals surface area contributed by atoms with Gasteiger partial charge in [-0.15, -0.1) is 0 Å². The summed E-state index contributed by atoms with van der Waals surface area (Å²) < 4.78 is 5.41. The molecule has 0 aromatic heterocycles. The van der Waals surface area contributed by atoms with Crippen molar-refractivity contribution in [2.45, 2.75) is 39.0 Å². The van der Waals surface area contributed by atoms with Crippen molar-refractivity contribution in [3.8, 4) is 0 Å². The number of benzene rings is 1. The van der Waals surface area contributed by atoms with Crippen LogP contribution < -0.4 is 0 Å². The molecule has 0 amide bonds. The van der Waals surface area contributed by atoms with E-state index in [0.29, 0.717) is 6.42 Å². The number of ketones is 1. The van der Waals surface area contributed by atoms with Crippen molar-refractivity contribution in [1.82, 2.24) is 0 Å². The molecule has 1 heterocycles. The number of rotatable bonds is 4. The fraction of sp³-hybridized carbons (Fsp3) is 0.533. The monoisotopic (exact) mass is 232 g/mol. The van der Waals surface area contributed by atoms with Crippen molar-refractivity contribution in [1.29, 1.82) is 0 Å². The number of aryl methyl sites for hydroxylation is 2. The van der Waals surface area contributed by atoms with E-state index in [2.05, 4.69) is 32.0 Å². The molecule has 0 atom stereocenters. The lowest BCUT2D eigenvalue weighted by molar-refractivity contribution is -0.119. The molecule has 17 heavy (non-hydrogen) atoms. The smallest absolute Gasteiger partial charge is 0.129 e. The highest BCUT2D eigenvalue weighted by Crippen LogP contribution is 2.38. The summed E-state index contributed by atoms with van der Waals surface area (Å²) in [7, 11) is 0. The number of Topliss-reactive ketones (excluding diaryl/α,β-unsaturated/α-hetero) is 1. The molecule has 0 N–H and O–H groups in total. The SMILES string of the molecule is CC(=O)CCC1(c2cc(C)ccc2C)COC1. The molecule has 1 aliphatic rings. The van der Waals surface area contributed by atoms with E-state index in [1.54, 1.807) is 6.92 Å². The second-order valence-electron chi connectivity index (χ2n) is 5.29. The Balaban J connectivity index is 2.27. The van der Waals surface area contributed by atoms with Crippen LogP contribution in [0.2, 0.25) is 0 Å². The van der Waals surface area contributed by atoms with Gasteiger partial charge in [-0.1, -0.05) is 23.8 Å². The average molecular weight is 232 g/mol. The highest BCUT2D eigenvalue weighted by Gasteiger charge is 2.40. The molecule has 0 radical (unpaired) electrons. The van der Waals surface area contributed by atoms with Crippen molar-refractivity contribution < 1.29 is 9.53 Å². The molecule has 2 heteroatoms. The Morgan fingerprint density at radius 3 is 2.59 bits per heavy atom. The number of carbonyl (C=O) groups excluding carboxylic acids is 1. The average Bonchev–Trinajstić information content (AvgIpc) is 2.21. The molecule has 0 aliphatic carbocycles. The van der Waals surface area contributed by atoms with Crippen LogP contribution in [0.3, 0.4) is 0 Å². The van der Waals surface area contributed by atoms with Gasteiger partial charge in [-0.2, -0.15) is 0 Å². The molecule has 0 bridgehead atoms. The number of hydrogen-bond acceptors (Lipinski definition) is 2. The van der Waals surface area contributed by atoms with Gasteiger partial charge in [-0.05, 0) is 38.3 Å². The predicted octanol–water partition coefficient (Wildman–Crippen LogP) is 2.94. The molecular formula is C15H20O2. The minimum Gasteiger partial charge on any atom is -0.379 e. The molecule has 0 unspecified atom stereocenters. The summed E-state index contributed by atoms with van der Waals surface area (Å²) in [5.74, 6) is 0.265. The normalized spacial score (nSPS) is 17.6. The molecule has 0 saturated carbocycles. The Bertz CT molecular complexity index is 431. The quantitative estimate of drug-likeness (QED) is 0.797. The fourth-order valence-electron chi connectivity index (χ4n) is 2.51. The Labute approximate surface area is 103 Å². The third-order valence-electron chi connectivity index (χ3n) is 3.68. The zero-order valence-electron chi connectivity index (χ0n) is 10.9. The van der Waals surface area contributed by atoms with Gasteiger partial charge in [-0.3, -0.25) is 0 Å². The maximum Gasteiger partial charge on any atom is 0.129 e. The Kier molecular flexibility index (Phi) is 3.34. The third kappa shape index (κ3) is 2.42. The van der Waals surface area contributed by atoms with Gasteiger partial charge >= 0.3 is 0 Å². The van der Waals surface area contributed by atoms with Crippen LogP contribution in [0, 0.1) is 13.8 Å². The van der Waals surface area contributed by atoms with Crippen molar-refractivity contribution in [2.75, 3.05) is 13.2 Å². The van der Waals surface area contributed by atoms with E-state index in [4.69, 9.17) is 4.74 Å². The van der Waals surface area contributed by atoms with Crippen LogP contribution in [0.15, 0.2) is 18.2 Å². The van der Waals surface area contributed by atoms with E-state index in [1.807, 2.05) is 0 Å². The summed E-state index contributed by atoms with van der Waals surface area (Å²) in [6.07, 6.45) is 1.56. The first kappa shape index (κ1) is 12.3. The Morgan fingerprint density at radius 1 is 1.35 bits per heavy atom. The second-order valence-corrected chi connectivity index (χ2v) is 5.29. The van der Waals surface area contributed by atoms with E-state index < -0.39 is 0 Å². The minimum atomic E-state index is 0.0851. The van der Waals surface area contributed by atoms with Gasteiger partial charge in [-0.25, -0.2) is 0 Å². The first-order chi connectivity index (χ1) is 8.03. The van der Waals surface area contributed by atoms with Gasteiger partial charge in [0, 0.05) is 11.8 Å². The highest BCUT2D eigenvalue weighted by molar-refractivity contribution is 5.75. The fourth-order valence-corrected chi connectivity index (χ4v) is 2.51. The maximum absolute atomic E-state index is 11.2. The van der Waals surface area contributed by atoms with E-state index in [0.717, 1.165) is 19.6 Å². The van der Waals surface area contributed by atoms with Crippen LogP contribution in [0.1, 0.15) is 36.5 Å². The van der Waals surface area contributed by atoms with Crippen LogP contribution in [-0.2, 0) is 14.9 Å². The molecular weight excluding hydrogens is 212 g/mol. The van der Waals surface area contributed by atoms with Crippen molar-refractivity contribution in [3.05, 3.63) is 34.9 Å². The lowest BCUT2D eigenvalue weighted by atomic mass is 9.72. The third-order valence-corrected chi connectivity index (χ3v) is 3.68. The van der Waals surface area contributed by atoms with Crippen LogP contribution in [0.5, 0.6) is 0 Å². The zero-order valence-corrected chi connectivity index (χ0v) is 10.9. The first-order valence-electron chi connectivity index (χ1n) is 6.18. The molecule has 92 valence electrons. The molecule has 2 nitrogen and oxygen atoms in total. The van der Waals surface area contributed by atoms with Crippen molar-refractivity contribution >= 4 is 5.78 Å². The summed E-state index contributed by atoms with van der Waals surface area (Å²) in [5.41, 5.74) is 4.04. The van der Waals surface area contributed by atoms with Gasteiger partial charge in [0.15, 0.2) is 0 Å². The van der Waals surface area contributed by atoms with Gasteiger partial charge in [0.25, 0.3) is 0 Å². The van der Waals surface area contributed by atoms with Gasteiger partial charge in [0.05, 0.1) is 13.2 Å². The topological polar surface area (TPSA) is 26.3 Å². The van der Waals surface area contributed by atoms with E-state index in [-0.39, 0.29) is 11.2 Å². The van der Waals surface area contributed by atoms with E-state index >= 15 is 0 Å². The number of ether oxygens (including phenoxy) is 1. The maximum atomic E-state index is 11.2. The second kappa shape index (κ2) is 4.61. The van der Waals surface area contributed by atoms with E-state index in [1.165, 1.54) is 16.7 Å². The summed E-state index contributed by atoms with van der Waals surface area (Å²) >= 11 is 0.